The van der Waals surface area contributed by atoms with Gasteiger partial charge in [0.1, 0.15) is 5.60 Å². The van der Waals surface area contributed by atoms with Crippen LogP contribution < -0.4 is 0 Å². The third-order valence-electron chi connectivity index (χ3n) is 5.23. The number of morpholine rings is 1. The summed E-state index contributed by atoms with van der Waals surface area (Å²) in [6.07, 6.45) is 4.97. The Bertz CT molecular complexity index is 371. The van der Waals surface area contributed by atoms with Crippen LogP contribution in [0.5, 0.6) is 0 Å². The van der Waals surface area contributed by atoms with Gasteiger partial charge in [-0.05, 0) is 45.6 Å². The van der Waals surface area contributed by atoms with E-state index in [0.717, 1.165) is 58.5 Å². The van der Waals surface area contributed by atoms with Gasteiger partial charge in [0.15, 0.2) is 0 Å². The molecule has 1 N–H and O–H groups in total. The Morgan fingerprint density at radius 3 is 2.35 bits per heavy atom. The molecule has 0 bridgehead atoms. The summed E-state index contributed by atoms with van der Waals surface area (Å²) in [5.41, 5.74) is -1.14. The van der Waals surface area contributed by atoms with Gasteiger partial charge in [-0.25, -0.2) is 0 Å². The van der Waals surface area contributed by atoms with Gasteiger partial charge in [-0.15, -0.1) is 0 Å². The van der Waals surface area contributed by atoms with Gasteiger partial charge in [0.25, 0.3) is 5.91 Å². The molecule has 20 heavy (non-hydrogen) atoms. The Hall–Kier alpha value is -0.650. The maximum Gasteiger partial charge on any atom is 0.254 e. The summed E-state index contributed by atoms with van der Waals surface area (Å²) in [7, 11) is 2.13. The molecule has 0 aromatic rings. The first-order valence-electron chi connectivity index (χ1n) is 7.87. The van der Waals surface area contributed by atoms with Crippen molar-refractivity contribution in [2.45, 2.75) is 49.7 Å². The van der Waals surface area contributed by atoms with Gasteiger partial charge < -0.3 is 19.6 Å². The number of rotatable bonds is 1. The van der Waals surface area contributed by atoms with Crippen molar-refractivity contribution in [2.24, 2.45) is 0 Å². The molecule has 3 aliphatic rings. The van der Waals surface area contributed by atoms with Gasteiger partial charge in [-0.1, -0.05) is 0 Å². The smallest absolute Gasteiger partial charge is 0.254 e. The second-order valence-electron chi connectivity index (χ2n) is 6.80. The van der Waals surface area contributed by atoms with Crippen molar-refractivity contribution < 1.29 is 14.6 Å². The predicted molar refractivity (Wildman–Crippen MR) is 75.4 cm³/mol. The van der Waals surface area contributed by atoms with Gasteiger partial charge in [-0.3, -0.25) is 4.79 Å². The minimum atomic E-state index is -1.07. The van der Waals surface area contributed by atoms with Gasteiger partial charge in [0.05, 0.1) is 12.2 Å². The molecule has 0 aromatic heterocycles. The number of carbonyl (C=O) groups excluding carboxylic acids is 1. The monoisotopic (exact) mass is 282 g/mol. The number of amides is 1. The maximum atomic E-state index is 12.5. The fourth-order valence-corrected chi connectivity index (χ4v) is 3.92. The molecule has 0 unspecified atom stereocenters. The molecule has 2 saturated heterocycles. The topological polar surface area (TPSA) is 53.0 Å². The molecule has 3 rings (SSSR count). The molecule has 0 radical (unpaired) electrons. The average Bonchev–Trinajstić information content (AvgIpc) is 2.87. The van der Waals surface area contributed by atoms with Crippen LogP contribution in [-0.4, -0.2) is 71.8 Å². The highest BCUT2D eigenvalue weighted by atomic mass is 16.5. The number of ether oxygens (including phenoxy) is 1. The molecule has 1 spiro atoms. The second kappa shape index (κ2) is 5.28. The second-order valence-corrected chi connectivity index (χ2v) is 6.80. The van der Waals surface area contributed by atoms with Gasteiger partial charge in [0.2, 0.25) is 0 Å². The van der Waals surface area contributed by atoms with Gasteiger partial charge in [0, 0.05) is 26.2 Å². The standard InChI is InChI=1S/C15H26N2O3/c1-16-10-11-20-14(12-16)6-8-17(9-7-14)13(18)15(19)4-2-3-5-15/h19H,2-12H2,1H3. The largest absolute Gasteiger partial charge is 0.380 e. The number of hydrogen-bond acceptors (Lipinski definition) is 4. The van der Waals surface area contributed by atoms with Crippen molar-refractivity contribution in [2.75, 3.05) is 39.8 Å². The van der Waals surface area contributed by atoms with Crippen LogP contribution in [0.25, 0.3) is 0 Å². The first kappa shape index (κ1) is 14.3. The minimum Gasteiger partial charge on any atom is -0.380 e. The highest BCUT2D eigenvalue weighted by Crippen LogP contribution is 2.34. The number of likely N-dealkylation sites (tertiary alicyclic amines) is 1. The van der Waals surface area contributed by atoms with E-state index in [-0.39, 0.29) is 11.5 Å². The lowest BCUT2D eigenvalue weighted by Gasteiger charge is -2.47. The number of likely N-dealkylation sites (N-methyl/N-ethyl adjacent to an activating group) is 1. The third-order valence-corrected chi connectivity index (χ3v) is 5.23. The lowest BCUT2D eigenvalue weighted by atomic mass is 9.88. The van der Waals surface area contributed by atoms with E-state index >= 15 is 0 Å². The minimum absolute atomic E-state index is 0.0472. The molecule has 5 nitrogen and oxygen atoms in total. The SMILES string of the molecule is CN1CCOC2(CCN(C(=O)C3(O)CCCC3)CC2)C1. The molecule has 5 heteroatoms. The van der Waals surface area contributed by atoms with E-state index in [4.69, 9.17) is 4.74 Å². The fourth-order valence-electron chi connectivity index (χ4n) is 3.92. The summed E-state index contributed by atoms with van der Waals surface area (Å²) < 4.78 is 6.01. The lowest BCUT2D eigenvalue weighted by molar-refractivity contribution is -0.162. The Morgan fingerprint density at radius 2 is 1.75 bits per heavy atom. The molecule has 1 aliphatic carbocycles. The van der Waals surface area contributed by atoms with E-state index in [0.29, 0.717) is 12.8 Å². The number of hydrogen-bond donors (Lipinski definition) is 1. The molecule has 0 atom stereocenters. The molecule has 114 valence electrons. The van der Waals surface area contributed by atoms with Crippen molar-refractivity contribution in [3.63, 3.8) is 0 Å². The normalized spacial score (nSPS) is 29.8. The maximum absolute atomic E-state index is 12.5. The van der Waals surface area contributed by atoms with E-state index in [9.17, 15) is 9.90 Å². The van der Waals surface area contributed by atoms with Crippen molar-refractivity contribution in [1.82, 2.24) is 9.80 Å². The summed E-state index contributed by atoms with van der Waals surface area (Å²) in [6, 6.07) is 0. The van der Waals surface area contributed by atoms with Crippen LogP contribution in [-0.2, 0) is 9.53 Å². The number of aliphatic hydroxyl groups is 1. The Morgan fingerprint density at radius 1 is 1.10 bits per heavy atom. The van der Waals surface area contributed by atoms with Crippen LogP contribution in [0.2, 0.25) is 0 Å². The predicted octanol–water partition coefficient (Wildman–Crippen LogP) is 0.615. The molecule has 2 aliphatic heterocycles. The van der Waals surface area contributed by atoms with Crippen molar-refractivity contribution in [3.05, 3.63) is 0 Å². The molecule has 1 amide bonds. The van der Waals surface area contributed by atoms with Crippen LogP contribution in [0, 0.1) is 0 Å². The highest BCUT2D eigenvalue weighted by Gasteiger charge is 2.45. The summed E-state index contributed by atoms with van der Waals surface area (Å²) >= 11 is 0. The summed E-state index contributed by atoms with van der Waals surface area (Å²) in [5.74, 6) is -0.0472. The molecule has 0 aromatic carbocycles. The van der Waals surface area contributed by atoms with Gasteiger partial charge in [-0.2, -0.15) is 0 Å². The molecule has 3 fully saturated rings. The average molecular weight is 282 g/mol. The van der Waals surface area contributed by atoms with Crippen LogP contribution in [0.15, 0.2) is 0 Å². The first-order valence-corrected chi connectivity index (χ1v) is 7.87. The van der Waals surface area contributed by atoms with E-state index < -0.39 is 5.60 Å². The van der Waals surface area contributed by atoms with Crippen molar-refractivity contribution >= 4 is 5.91 Å². The number of carbonyl (C=O) groups is 1. The zero-order chi connectivity index (χ0) is 14.2. The van der Waals surface area contributed by atoms with Crippen molar-refractivity contribution in [1.29, 1.82) is 0 Å². The van der Waals surface area contributed by atoms with E-state index in [1.54, 1.807) is 0 Å². The molecular weight excluding hydrogens is 256 g/mol. The van der Waals surface area contributed by atoms with Crippen LogP contribution in [0.3, 0.4) is 0 Å². The number of piperidine rings is 1. The Balaban J connectivity index is 1.59. The zero-order valence-corrected chi connectivity index (χ0v) is 12.4. The Labute approximate surface area is 120 Å². The summed E-state index contributed by atoms with van der Waals surface area (Å²) in [6.45, 7) is 4.17. The molecule has 1 saturated carbocycles. The van der Waals surface area contributed by atoms with Gasteiger partial charge >= 0.3 is 0 Å². The third kappa shape index (κ3) is 2.59. The van der Waals surface area contributed by atoms with Crippen LogP contribution >= 0.6 is 0 Å². The quantitative estimate of drug-likeness (QED) is 0.766. The van der Waals surface area contributed by atoms with E-state index in [1.165, 1.54) is 0 Å². The Kier molecular flexibility index (Phi) is 3.77. The lowest BCUT2D eigenvalue weighted by Crippen LogP contribution is -2.58. The van der Waals surface area contributed by atoms with E-state index in [1.807, 2.05) is 4.90 Å². The first-order chi connectivity index (χ1) is 9.53. The molecule has 2 heterocycles. The summed E-state index contributed by atoms with van der Waals surface area (Å²) in [4.78, 5) is 16.6. The van der Waals surface area contributed by atoms with Crippen molar-refractivity contribution in [3.8, 4) is 0 Å². The number of nitrogens with zero attached hydrogens (tertiary/aromatic N) is 2. The molecular formula is C15H26N2O3. The fraction of sp³-hybridized carbons (Fsp3) is 0.933. The van der Waals surface area contributed by atoms with E-state index in [2.05, 4.69) is 11.9 Å². The van der Waals surface area contributed by atoms with Crippen LogP contribution in [0.4, 0.5) is 0 Å². The highest BCUT2D eigenvalue weighted by molar-refractivity contribution is 5.85. The summed E-state index contributed by atoms with van der Waals surface area (Å²) in [5, 5.41) is 10.4. The zero-order valence-electron chi connectivity index (χ0n) is 12.4. The van der Waals surface area contributed by atoms with Crippen LogP contribution in [0.1, 0.15) is 38.5 Å².